The van der Waals surface area contributed by atoms with Crippen LogP contribution in [0.25, 0.3) is 77.0 Å². The van der Waals surface area contributed by atoms with Crippen LogP contribution in [0.5, 0.6) is 0 Å². The Morgan fingerprint density at radius 1 is 0.470 bits per heavy atom. The number of hydrogen-bond acceptors (Lipinski definition) is 19. The Kier molecular flexibility index (Phi) is 28.2. The molecule has 6 aliphatic heterocycles. The predicted octanol–water partition coefficient (Wildman–Crippen LogP) is 14.2. The van der Waals surface area contributed by atoms with Gasteiger partial charge in [0.2, 0.25) is 17.7 Å². The number of carbonyl (C=O) groups is 8. The summed E-state index contributed by atoms with van der Waals surface area (Å²) in [5, 5.41) is 21.7. The summed E-state index contributed by atoms with van der Waals surface area (Å²) in [6.45, 7) is 14.2. The number of nitrogens with one attached hydrogen (secondary N) is 5. The highest BCUT2D eigenvalue weighted by atomic mass is 16.5. The van der Waals surface area contributed by atoms with E-state index < -0.39 is 60.3 Å². The standard InChI is InChI=1S/C46H55N5O7.C36H40N6O4.C8H15NO4/c1-7-27(2)35(24-42(52)57-5)45(54)51-19-9-11-41(51)44-48-37-17-16-33(22-38(37)49-44)31-13-12-30-21-32(15-14-29(30)20-31)34-23-39(47-26-34)40-10-8-18-50(40)46(55)36(28(3)56-4)25-43(53)58-6;1-21(45-2)33(41-36(44)46-3)35(43)42-15-5-7-32(42)31-19-27(20-38-31)25-11-10-22-16-24(9-8-23(22)17-25)26-12-13-28-30(18-26)40-34(39-28)29-6-4-14-37-29;1-4-5(2)6(7(10)11)9-8(12)13-3/h12-17,20-22,26-28,35-36,40-41H,7-11,18-19,23-25H2,1-6H3,(H,48,49);8-13,16-18,20-21,29,32-33,37H,4-7,14-15,19H2,1-3H3,(H,39,40)(H,41,44);5-6H,4H2,1-3H3,(H,9,12)(H,10,11)/t27-,28+,35-,36-,40-,41-;21-,29+,32+,33+;5-,6-/m010/s1. The third-order valence-corrected chi connectivity index (χ3v) is 24.3. The number of ether oxygens (including phenoxy) is 6. The number of aliphatic imine (C=N–C) groups is 2. The summed E-state index contributed by atoms with van der Waals surface area (Å²) < 4.78 is 29.8. The van der Waals surface area contributed by atoms with Gasteiger partial charge in [-0.2, -0.15) is 0 Å². The molecule has 6 aliphatic rings. The number of methoxy groups -OCH3 is 6. The number of aliphatic carboxylic acids is 1. The van der Waals surface area contributed by atoms with Crippen LogP contribution in [0.2, 0.25) is 0 Å². The number of alkyl carbamates (subject to hydrolysis) is 2. The highest BCUT2D eigenvalue weighted by molar-refractivity contribution is 6.06. The molecule has 0 saturated carbocycles. The molecule has 27 nitrogen and oxygen atoms in total. The zero-order valence-corrected chi connectivity index (χ0v) is 69.0. The molecule has 8 heterocycles. The topological polar surface area (TPSA) is 340 Å². The monoisotopic (exact) mass is 1600 g/mol. The van der Waals surface area contributed by atoms with Gasteiger partial charge in [0.1, 0.15) is 23.7 Å². The van der Waals surface area contributed by atoms with Gasteiger partial charge in [-0.3, -0.25) is 34.0 Å². The molecule has 27 heteroatoms. The van der Waals surface area contributed by atoms with Gasteiger partial charge in [-0.1, -0.05) is 101 Å². The Morgan fingerprint density at radius 3 is 1.35 bits per heavy atom. The van der Waals surface area contributed by atoms with Crippen molar-refractivity contribution in [3.8, 4) is 22.3 Å². The minimum absolute atomic E-state index is 0.00738. The molecule has 14 rings (SSSR count). The van der Waals surface area contributed by atoms with Gasteiger partial charge in [0.05, 0.1) is 112 Å². The highest BCUT2D eigenvalue weighted by Gasteiger charge is 2.43. The Balaban J connectivity index is 0.000000190. The average molecular weight is 1600 g/mol. The van der Waals surface area contributed by atoms with E-state index in [1.165, 1.54) is 47.4 Å². The van der Waals surface area contributed by atoms with E-state index in [9.17, 15) is 38.4 Å². The molecule has 8 aromatic rings. The molecule has 6 N–H and O–H groups in total. The molecule has 0 spiro atoms. The van der Waals surface area contributed by atoms with Crippen molar-refractivity contribution < 1.29 is 71.9 Å². The van der Waals surface area contributed by atoms with Gasteiger partial charge in [0.25, 0.3) is 0 Å². The number of hydrogen-bond donors (Lipinski definition) is 6. The van der Waals surface area contributed by atoms with Gasteiger partial charge in [-0.25, -0.2) is 24.4 Å². The van der Waals surface area contributed by atoms with Gasteiger partial charge in [0, 0.05) is 70.5 Å². The molecule has 2 aromatic heterocycles. The minimum atomic E-state index is -1.04. The molecule has 620 valence electrons. The Bertz CT molecular complexity index is 5120. The number of benzene rings is 6. The van der Waals surface area contributed by atoms with Crippen LogP contribution in [-0.4, -0.2) is 204 Å². The minimum Gasteiger partial charge on any atom is -0.480 e. The molecule has 4 fully saturated rings. The number of carbonyl (C=O) groups excluding carboxylic acids is 7. The first-order valence-electron chi connectivity index (χ1n) is 40.8. The normalized spacial score (nSPS) is 19.8. The van der Waals surface area contributed by atoms with Crippen molar-refractivity contribution in [1.29, 1.82) is 0 Å². The maximum Gasteiger partial charge on any atom is 0.407 e. The summed E-state index contributed by atoms with van der Waals surface area (Å²) in [6.07, 6.45) is 11.8. The number of amides is 5. The number of carboxylic acid groups (broad SMARTS) is 1. The number of aromatic amines is 2. The first-order valence-corrected chi connectivity index (χ1v) is 40.8. The molecule has 12 atom stereocenters. The zero-order chi connectivity index (χ0) is 83.3. The first kappa shape index (κ1) is 85.2. The smallest absolute Gasteiger partial charge is 0.407 e. The van der Waals surface area contributed by atoms with Crippen LogP contribution in [0.1, 0.15) is 166 Å². The lowest BCUT2D eigenvalue weighted by Crippen LogP contribution is -2.56. The number of H-pyrrole nitrogens is 2. The Hall–Kier alpha value is -11.2. The van der Waals surface area contributed by atoms with Crippen LogP contribution < -0.4 is 16.0 Å². The summed E-state index contributed by atoms with van der Waals surface area (Å²) in [5.74, 6) is -1.42. The molecule has 117 heavy (non-hydrogen) atoms. The summed E-state index contributed by atoms with van der Waals surface area (Å²) in [6, 6.07) is 37.0. The van der Waals surface area contributed by atoms with Crippen LogP contribution in [-0.2, 0) is 57.2 Å². The van der Waals surface area contributed by atoms with E-state index in [0.29, 0.717) is 44.9 Å². The van der Waals surface area contributed by atoms with Crippen molar-refractivity contribution in [2.75, 3.05) is 68.8 Å². The lowest BCUT2D eigenvalue weighted by Gasteiger charge is -2.31. The van der Waals surface area contributed by atoms with Crippen LogP contribution in [0.15, 0.2) is 132 Å². The van der Waals surface area contributed by atoms with E-state index >= 15 is 0 Å². The molecule has 6 aromatic carbocycles. The number of esters is 2. The van der Waals surface area contributed by atoms with Crippen molar-refractivity contribution in [3.05, 3.63) is 144 Å². The number of aromatic nitrogens is 4. The SMILES string of the molecule is CC[C@H](C)[C@H](CC(=O)OC)C(=O)N1CCC[C@H]1c1nc2ccc(-c3ccc4cc(C5=CN=C([C@@H]6CCCN6C(=O)[C@@H](CC(=O)OC)[C@@H](C)OC)C5)ccc4c3)cc2[nH]1.CC[C@H](C)[C@H](NC(=O)OC)C(=O)O.COC(=O)N[C@H](C(=O)N1CCC[C@H]1C1=NC=C(c2ccc3cc(-c4ccc5nc([C@@H]6CCCN6)[nH]c5c4)ccc3c2)C1)[C@@H](C)OC. The zero-order valence-electron chi connectivity index (χ0n) is 69.0. The van der Waals surface area contributed by atoms with Gasteiger partial charge >= 0.3 is 30.1 Å². The molecule has 0 unspecified atom stereocenters. The number of fused-ring (bicyclic) bond motifs is 4. The number of likely N-dealkylation sites (tertiary alicyclic amines) is 3. The van der Waals surface area contributed by atoms with Crippen molar-refractivity contribution in [2.24, 2.45) is 33.7 Å². The molecule has 0 bridgehead atoms. The second-order valence-corrected chi connectivity index (χ2v) is 31.4. The van der Waals surface area contributed by atoms with E-state index in [4.69, 9.17) is 48.7 Å². The van der Waals surface area contributed by atoms with Crippen molar-refractivity contribution in [1.82, 2.24) is 50.6 Å². The maximum atomic E-state index is 13.9. The molecular formula is C90H110N12O15. The number of imidazole rings is 2. The summed E-state index contributed by atoms with van der Waals surface area (Å²) in [4.78, 5) is 131. The van der Waals surface area contributed by atoms with Crippen molar-refractivity contribution in [3.63, 3.8) is 0 Å². The second kappa shape index (κ2) is 38.7. The van der Waals surface area contributed by atoms with E-state index in [1.54, 1.807) is 21.0 Å². The van der Waals surface area contributed by atoms with E-state index in [2.05, 4.69) is 134 Å². The van der Waals surface area contributed by atoms with Crippen LogP contribution in [0.4, 0.5) is 9.59 Å². The Morgan fingerprint density at radius 2 is 0.889 bits per heavy atom. The van der Waals surface area contributed by atoms with Gasteiger partial charge in [-0.15, -0.1) is 0 Å². The fourth-order valence-electron chi connectivity index (χ4n) is 16.8. The molecule has 4 saturated heterocycles. The van der Waals surface area contributed by atoms with Gasteiger partial charge in [-0.05, 0) is 198 Å². The number of rotatable bonds is 26. The van der Waals surface area contributed by atoms with Crippen LogP contribution in [0.3, 0.4) is 0 Å². The molecule has 0 aliphatic carbocycles. The molecule has 5 amide bonds. The third-order valence-electron chi connectivity index (χ3n) is 24.3. The lowest BCUT2D eigenvalue weighted by molar-refractivity contribution is -0.150. The van der Waals surface area contributed by atoms with Crippen LogP contribution >= 0.6 is 0 Å². The fourth-order valence-corrected chi connectivity index (χ4v) is 16.8. The fraction of sp³-hybridized carbons (Fsp3) is 0.467. The number of nitrogens with zero attached hydrogens (tertiary/aromatic N) is 7. The van der Waals surface area contributed by atoms with Gasteiger partial charge < -0.3 is 74.1 Å². The molecular weight excluding hydrogens is 1490 g/mol. The summed E-state index contributed by atoms with van der Waals surface area (Å²) in [5.41, 5.74) is 14.7. The Labute approximate surface area is 682 Å². The summed E-state index contributed by atoms with van der Waals surface area (Å²) in [7, 11) is 8.26. The molecule has 0 radical (unpaired) electrons. The number of allylic oxidation sites excluding steroid dienone is 2. The van der Waals surface area contributed by atoms with Crippen LogP contribution in [0, 0.1) is 23.7 Å². The van der Waals surface area contributed by atoms with Gasteiger partial charge in [0.15, 0.2) is 0 Å². The highest BCUT2D eigenvalue weighted by Crippen LogP contribution is 2.40. The maximum absolute atomic E-state index is 13.9. The predicted molar refractivity (Wildman–Crippen MR) is 450 cm³/mol. The quantitative estimate of drug-likeness (QED) is 0.0217. The largest absolute Gasteiger partial charge is 0.480 e. The van der Waals surface area contributed by atoms with E-state index in [-0.39, 0.29) is 66.5 Å². The van der Waals surface area contributed by atoms with Crippen molar-refractivity contribution >= 4 is 114 Å². The summed E-state index contributed by atoms with van der Waals surface area (Å²) >= 11 is 0. The first-order chi connectivity index (χ1) is 56.5. The lowest BCUT2D eigenvalue weighted by atomic mass is 9.87. The second-order valence-electron chi connectivity index (χ2n) is 31.4. The van der Waals surface area contributed by atoms with Crippen molar-refractivity contribution in [2.45, 2.75) is 180 Å². The van der Waals surface area contributed by atoms with E-state index in [0.717, 1.165) is 164 Å². The number of carboxylic acids is 1. The third kappa shape index (κ3) is 19.6. The average Bonchev–Trinajstić information content (AvgIpc) is 1.64. The van der Waals surface area contributed by atoms with E-state index in [1.807, 2.05) is 60.9 Å².